The molecule has 1 aromatic carbocycles. The maximum Gasteiger partial charge on any atom is 0.220 e. The number of amides is 1. The molecule has 1 aliphatic heterocycles. The van der Waals surface area contributed by atoms with E-state index in [0.29, 0.717) is 12.3 Å². The second-order valence-corrected chi connectivity index (χ2v) is 10.9. The van der Waals surface area contributed by atoms with Crippen LogP contribution in [0, 0.1) is 12.8 Å². The summed E-state index contributed by atoms with van der Waals surface area (Å²) in [5.74, 6) is 1.38. The minimum absolute atomic E-state index is 0.249. The topological polar surface area (TPSA) is 32.3 Å². The predicted molar refractivity (Wildman–Crippen MR) is 119 cm³/mol. The summed E-state index contributed by atoms with van der Waals surface area (Å²) >= 11 is 1.93. The third kappa shape index (κ3) is 4.15. The molecule has 1 atom stereocenters. The van der Waals surface area contributed by atoms with Crippen LogP contribution in [-0.2, 0) is 16.8 Å². The van der Waals surface area contributed by atoms with Crippen LogP contribution in [0.4, 0.5) is 0 Å². The molecule has 0 bridgehead atoms. The lowest BCUT2D eigenvalue weighted by Crippen LogP contribution is -2.41. The molecule has 1 aromatic heterocycles. The van der Waals surface area contributed by atoms with Crippen LogP contribution in [0.5, 0.6) is 0 Å². The van der Waals surface area contributed by atoms with Gasteiger partial charge in [-0.1, -0.05) is 24.3 Å². The van der Waals surface area contributed by atoms with Crippen LogP contribution in [0.3, 0.4) is 0 Å². The number of carbonyl (C=O) groups excluding carboxylic acids is 1. The number of hydrogen-bond donors (Lipinski definition) is 1. The van der Waals surface area contributed by atoms with Gasteiger partial charge >= 0.3 is 0 Å². The van der Waals surface area contributed by atoms with Gasteiger partial charge in [0.2, 0.25) is 5.91 Å². The highest BCUT2D eigenvalue weighted by Crippen LogP contribution is 2.52. The van der Waals surface area contributed by atoms with Crippen molar-refractivity contribution in [2.45, 2.75) is 63.3 Å². The first-order valence-electron chi connectivity index (χ1n) is 11.3. The van der Waals surface area contributed by atoms with E-state index in [2.05, 4.69) is 53.5 Å². The molecule has 2 aliphatic carbocycles. The number of nitrogens with zero attached hydrogens (tertiary/aromatic N) is 1. The predicted octanol–water partition coefficient (Wildman–Crippen LogP) is 4.99. The number of carbonyl (C=O) groups is 1. The lowest BCUT2D eigenvalue weighted by atomic mass is 9.73. The summed E-state index contributed by atoms with van der Waals surface area (Å²) < 4.78 is 0. The average molecular weight is 409 g/mol. The van der Waals surface area contributed by atoms with E-state index >= 15 is 0 Å². The van der Waals surface area contributed by atoms with Crippen molar-refractivity contribution < 1.29 is 4.79 Å². The second kappa shape index (κ2) is 7.88. The number of nitrogens with one attached hydrogen (secondary N) is 1. The molecule has 29 heavy (non-hydrogen) atoms. The Kier molecular flexibility index (Phi) is 5.25. The van der Waals surface area contributed by atoms with Crippen molar-refractivity contribution in [3.05, 3.63) is 57.3 Å². The molecule has 154 valence electrons. The van der Waals surface area contributed by atoms with Gasteiger partial charge in [0.05, 0.1) is 0 Å². The molecular formula is C25H32N2OS. The van der Waals surface area contributed by atoms with Gasteiger partial charge in [-0.3, -0.25) is 9.69 Å². The van der Waals surface area contributed by atoms with Crippen molar-refractivity contribution in [1.82, 2.24) is 10.2 Å². The van der Waals surface area contributed by atoms with Gasteiger partial charge in [0.25, 0.3) is 0 Å². The summed E-state index contributed by atoms with van der Waals surface area (Å²) in [4.78, 5) is 18.1. The first-order chi connectivity index (χ1) is 14.1. The smallest absolute Gasteiger partial charge is 0.220 e. The fourth-order valence-corrected chi connectivity index (χ4v) is 6.42. The van der Waals surface area contributed by atoms with Crippen LogP contribution in [0.1, 0.15) is 65.3 Å². The molecule has 1 spiro atoms. The van der Waals surface area contributed by atoms with Crippen molar-refractivity contribution in [1.29, 1.82) is 0 Å². The fraction of sp³-hybridized carbons (Fsp3) is 0.560. The van der Waals surface area contributed by atoms with Crippen LogP contribution in [0.2, 0.25) is 0 Å². The van der Waals surface area contributed by atoms with Gasteiger partial charge in [-0.15, -0.1) is 11.3 Å². The summed E-state index contributed by atoms with van der Waals surface area (Å²) in [6, 6.07) is 13.5. The minimum atomic E-state index is 0.249. The normalized spacial score (nSPS) is 23.3. The highest BCUT2D eigenvalue weighted by molar-refractivity contribution is 7.11. The third-order valence-corrected chi connectivity index (χ3v) is 8.30. The van der Waals surface area contributed by atoms with Crippen LogP contribution < -0.4 is 5.32 Å². The number of hydrogen-bond acceptors (Lipinski definition) is 3. The Labute approximate surface area is 178 Å². The lowest BCUT2D eigenvalue weighted by Gasteiger charge is -2.40. The molecule has 1 unspecified atom stereocenters. The molecule has 1 saturated heterocycles. The zero-order chi connectivity index (χ0) is 19.8. The minimum Gasteiger partial charge on any atom is -0.356 e. The second-order valence-electron chi connectivity index (χ2n) is 9.51. The monoisotopic (exact) mass is 408 g/mol. The molecule has 5 rings (SSSR count). The molecule has 2 aromatic rings. The summed E-state index contributed by atoms with van der Waals surface area (Å²) in [5.41, 5.74) is 3.25. The van der Waals surface area contributed by atoms with E-state index in [0.717, 1.165) is 38.5 Å². The van der Waals surface area contributed by atoms with E-state index < -0.39 is 0 Å². The van der Waals surface area contributed by atoms with Gasteiger partial charge < -0.3 is 5.32 Å². The van der Waals surface area contributed by atoms with Crippen molar-refractivity contribution in [3.63, 3.8) is 0 Å². The molecule has 0 radical (unpaired) electrons. The number of aryl methyl sites for hydroxylation is 1. The standard InChI is InChI=1S/C25H32N2OS/c1-18-6-9-21(29-18)17-27-12-10-25(11-13-27)15-20(22-4-2-3-5-23(22)25)14-24(28)26-16-19-7-8-19/h2-6,9,19-20H,7-8,10-17H2,1H3,(H,26,28). The molecule has 2 fully saturated rings. The highest BCUT2D eigenvalue weighted by atomic mass is 32.1. The van der Waals surface area contributed by atoms with Crippen molar-refractivity contribution in [2.24, 2.45) is 5.92 Å². The Morgan fingerprint density at radius 1 is 1.17 bits per heavy atom. The van der Waals surface area contributed by atoms with Crippen molar-refractivity contribution in [3.8, 4) is 0 Å². The lowest BCUT2D eigenvalue weighted by molar-refractivity contribution is -0.121. The molecular weight excluding hydrogens is 376 g/mol. The molecule has 1 saturated carbocycles. The van der Waals surface area contributed by atoms with Crippen LogP contribution >= 0.6 is 11.3 Å². The van der Waals surface area contributed by atoms with E-state index in [1.54, 1.807) is 0 Å². The maximum absolute atomic E-state index is 12.6. The van der Waals surface area contributed by atoms with E-state index in [1.807, 2.05) is 11.3 Å². The Morgan fingerprint density at radius 2 is 1.97 bits per heavy atom. The SMILES string of the molecule is Cc1ccc(CN2CCC3(CC2)CC(CC(=O)NCC2CC2)c2ccccc23)s1. The maximum atomic E-state index is 12.6. The fourth-order valence-electron chi connectivity index (χ4n) is 5.49. The van der Waals surface area contributed by atoms with E-state index in [1.165, 1.54) is 46.6 Å². The Hall–Kier alpha value is -1.65. The summed E-state index contributed by atoms with van der Waals surface area (Å²) in [5, 5.41) is 3.18. The van der Waals surface area contributed by atoms with Crippen molar-refractivity contribution >= 4 is 17.2 Å². The molecule has 3 aliphatic rings. The van der Waals surface area contributed by atoms with Gasteiger partial charge in [-0.25, -0.2) is 0 Å². The molecule has 1 N–H and O–H groups in total. The zero-order valence-corrected chi connectivity index (χ0v) is 18.3. The Balaban J connectivity index is 1.25. The van der Waals surface area contributed by atoms with Crippen LogP contribution in [0.15, 0.2) is 36.4 Å². The van der Waals surface area contributed by atoms with Crippen LogP contribution in [0.25, 0.3) is 0 Å². The first-order valence-corrected chi connectivity index (χ1v) is 12.1. The summed E-state index contributed by atoms with van der Waals surface area (Å²) in [6.45, 7) is 6.48. The van der Waals surface area contributed by atoms with Crippen LogP contribution in [-0.4, -0.2) is 30.4 Å². The zero-order valence-electron chi connectivity index (χ0n) is 17.5. The molecule has 4 heteroatoms. The van der Waals surface area contributed by atoms with Gasteiger partial charge in [0.1, 0.15) is 0 Å². The van der Waals surface area contributed by atoms with Gasteiger partial charge in [-0.2, -0.15) is 0 Å². The van der Waals surface area contributed by atoms with E-state index in [4.69, 9.17) is 0 Å². The molecule has 1 amide bonds. The summed E-state index contributed by atoms with van der Waals surface area (Å²) in [6.07, 6.45) is 6.82. The van der Waals surface area contributed by atoms with Gasteiger partial charge in [0, 0.05) is 29.3 Å². The number of rotatable bonds is 6. The quantitative estimate of drug-likeness (QED) is 0.730. The summed E-state index contributed by atoms with van der Waals surface area (Å²) in [7, 11) is 0. The van der Waals surface area contributed by atoms with E-state index in [9.17, 15) is 4.79 Å². The third-order valence-electron chi connectivity index (χ3n) is 7.31. The number of fused-ring (bicyclic) bond motifs is 2. The number of piperidine rings is 1. The Bertz CT molecular complexity index is 876. The highest BCUT2D eigenvalue weighted by Gasteiger charge is 2.45. The van der Waals surface area contributed by atoms with Gasteiger partial charge in [0.15, 0.2) is 0 Å². The Morgan fingerprint density at radius 3 is 2.69 bits per heavy atom. The average Bonchev–Trinajstić information content (AvgIpc) is 3.41. The molecule has 3 nitrogen and oxygen atoms in total. The number of likely N-dealkylation sites (tertiary alicyclic amines) is 1. The number of thiophene rings is 1. The largest absolute Gasteiger partial charge is 0.356 e. The van der Waals surface area contributed by atoms with Crippen molar-refractivity contribution in [2.75, 3.05) is 19.6 Å². The van der Waals surface area contributed by atoms with Gasteiger partial charge in [-0.05, 0) is 92.6 Å². The number of benzene rings is 1. The van der Waals surface area contributed by atoms with E-state index in [-0.39, 0.29) is 11.3 Å². The first kappa shape index (κ1) is 19.3. The molecule has 2 heterocycles.